The topological polar surface area (TPSA) is 106 Å². The van der Waals surface area contributed by atoms with E-state index >= 15 is 4.39 Å². The number of H-pyrrole nitrogens is 1. The molecule has 0 bridgehead atoms. The number of imidazole rings is 1. The minimum absolute atomic E-state index is 0.0690. The van der Waals surface area contributed by atoms with Gasteiger partial charge in [0.1, 0.15) is 22.6 Å². The van der Waals surface area contributed by atoms with Crippen LogP contribution >= 0.6 is 0 Å². The Labute approximate surface area is 256 Å². The van der Waals surface area contributed by atoms with Gasteiger partial charge in [0.2, 0.25) is 0 Å². The molecule has 2 aromatic heterocycles. The van der Waals surface area contributed by atoms with Crippen LogP contribution in [0.25, 0.3) is 39.6 Å². The van der Waals surface area contributed by atoms with E-state index in [0.29, 0.717) is 47.6 Å². The Morgan fingerprint density at radius 1 is 1.18 bits per heavy atom. The number of aryl methyl sites for hydroxylation is 1. The number of hydrogen-bond acceptors (Lipinski definition) is 6. The van der Waals surface area contributed by atoms with Gasteiger partial charge in [-0.1, -0.05) is 25.1 Å². The highest BCUT2D eigenvalue weighted by atomic mass is 19.1. The summed E-state index contributed by atoms with van der Waals surface area (Å²) in [6.45, 7) is 8.83. The van der Waals surface area contributed by atoms with Crippen LogP contribution in [-0.2, 0) is 15.9 Å². The summed E-state index contributed by atoms with van der Waals surface area (Å²) in [4.78, 5) is 22.4. The Kier molecular flexibility index (Phi) is 8.20. The van der Waals surface area contributed by atoms with Crippen LogP contribution in [0.5, 0.6) is 5.75 Å². The number of hydrogen-bond donors (Lipinski definition) is 2. The minimum atomic E-state index is -0.552. The first kappa shape index (κ1) is 29.9. The highest BCUT2D eigenvalue weighted by Gasteiger charge is 2.31. The van der Waals surface area contributed by atoms with E-state index in [1.54, 1.807) is 40.0 Å². The standard InChI is InChI=1S/C34H40FN5O4/c1-5-21-19-24(41)13-14-25(21)26-15-16-27-30(38-40(31(27)29(26)35)28-10-6-7-18-43-28)32-36-20-22(37-32)11-12-23-9-8-17-39(23)33(42)44-34(2,3)4/h11-16,19-20,23,28,41H,5-10,17-18H2,1-4H3,(H,36,37)/b12-11+/t23-,28?/m0/s1. The highest BCUT2D eigenvalue weighted by molar-refractivity contribution is 5.95. The zero-order valence-corrected chi connectivity index (χ0v) is 25.8. The van der Waals surface area contributed by atoms with Crippen molar-refractivity contribution in [3.05, 3.63) is 59.7 Å². The Hall–Kier alpha value is -4.18. The molecule has 4 aromatic rings. The van der Waals surface area contributed by atoms with Crippen LogP contribution < -0.4 is 0 Å². The summed E-state index contributed by atoms with van der Waals surface area (Å²) in [7, 11) is 0. The Bertz CT molecular complexity index is 1700. The van der Waals surface area contributed by atoms with Crippen molar-refractivity contribution in [3.63, 3.8) is 0 Å². The Morgan fingerprint density at radius 3 is 2.75 bits per heavy atom. The maximum absolute atomic E-state index is 16.6. The van der Waals surface area contributed by atoms with Crippen molar-refractivity contribution in [3.8, 4) is 28.4 Å². The van der Waals surface area contributed by atoms with Gasteiger partial charge >= 0.3 is 6.09 Å². The number of benzene rings is 2. The average Bonchev–Trinajstić information content (AvgIpc) is 3.75. The van der Waals surface area contributed by atoms with E-state index < -0.39 is 5.60 Å². The van der Waals surface area contributed by atoms with Crippen LogP contribution in [0.1, 0.15) is 77.3 Å². The normalized spacial score (nSPS) is 19.3. The van der Waals surface area contributed by atoms with Crippen LogP contribution in [0, 0.1) is 5.82 Å². The maximum Gasteiger partial charge on any atom is 0.410 e. The van der Waals surface area contributed by atoms with Crippen LogP contribution in [0.4, 0.5) is 9.18 Å². The Morgan fingerprint density at radius 2 is 2.00 bits per heavy atom. The lowest BCUT2D eigenvalue weighted by atomic mass is 9.96. The van der Waals surface area contributed by atoms with Gasteiger partial charge < -0.3 is 24.5 Å². The molecule has 10 heteroatoms. The fraction of sp³-hybridized carbons (Fsp3) is 0.441. The lowest BCUT2D eigenvalue weighted by Crippen LogP contribution is -2.39. The molecule has 2 aliphatic rings. The number of phenols is 1. The van der Waals surface area contributed by atoms with E-state index in [2.05, 4.69) is 9.97 Å². The van der Waals surface area contributed by atoms with Gasteiger partial charge in [0, 0.05) is 24.1 Å². The molecule has 2 atom stereocenters. The zero-order valence-electron chi connectivity index (χ0n) is 25.8. The number of aromatic nitrogens is 4. The average molecular weight is 602 g/mol. The Balaban J connectivity index is 1.35. The quantitative estimate of drug-likeness (QED) is 0.236. The molecular weight excluding hydrogens is 561 g/mol. The van der Waals surface area contributed by atoms with Gasteiger partial charge in [0.15, 0.2) is 17.9 Å². The van der Waals surface area contributed by atoms with Gasteiger partial charge in [-0.3, -0.25) is 0 Å². The number of aromatic hydroxyl groups is 1. The smallest absolute Gasteiger partial charge is 0.410 e. The molecule has 2 aliphatic heterocycles. The number of amides is 1. The molecule has 6 rings (SSSR count). The van der Waals surface area contributed by atoms with Gasteiger partial charge in [-0.25, -0.2) is 18.9 Å². The van der Waals surface area contributed by atoms with E-state index in [0.717, 1.165) is 48.9 Å². The maximum atomic E-state index is 16.6. The first-order valence-corrected chi connectivity index (χ1v) is 15.5. The van der Waals surface area contributed by atoms with Gasteiger partial charge in [-0.05, 0) is 94.7 Å². The summed E-state index contributed by atoms with van der Waals surface area (Å²) in [6, 6.07) is 8.62. The number of fused-ring (bicyclic) bond motifs is 1. The van der Waals surface area contributed by atoms with E-state index in [9.17, 15) is 9.90 Å². The number of likely N-dealkylation sites (tertiary alicyclic amines) is 1. The van der Waals surface area contributed by atoms with Crippen LogP contribution in [0.3, 0.4) is 0 Å². The number of carbonyl (C=O) groups excluding carboxylic acids is 1. The third-order valence-electron chi connectivity index (χ3n) is 8.24. The molecule has 1 amide bonds. The van der Waals surface area contributed by atoms with Crippen LogP contribution in [-0.4, -0.2) is 60.6 Å². The fourth-order valence-corrected chi connectivity index (χ4v) is 6.13. The molecular formula is C34H40FN5O4. The van der Waals surface area contributed by atoms with Crippen molar-refractivity contribution in [1.82, 2.24) is 24.6 Å². The molecule has 44 heavy (non-hydrogen) atoms. The number of halogens is 1. The lowest BCUT2D eigenvalue weighted by molar-refractivity contribution is -0.0368. The largest absolute Gasteiger partial charge is 0.508 e. The first-order valence-electron chi connectivity index (χ1n) is 15.5. The van der Waals surface area contributed by atoms with E-state index in [4.69, 9.17) is 14.6 Å². The molecule has 0 saturated carbocycles. The van der Waals surface area contributed by atoms with E-state index in [-0.39, 0.29) is 29.9 Å². The van der Waals surface area contributed by atoms with Crippen molar-refractivity contribution < 1.29 is 23.8 Å². The molecule has 0 radical (unpaired) electrons. The molecule has 0 spiro atoms. The van der Waals surface area contributed by atoms with Gasteiger partial charge in [-0.15, -0.1) is 0 Å². The predicted molar refractivity (Wildman–Crippen MR) is 168 cm³/mol. The van der Waals surface area contributed by atoms with Crippen LogP contribution in [0.2, 0.25) is 0 Å². The molecule has 2 saturated heterocycles. The second-order valence-electron chi connectivity index (χ2n) is 12.6. The van der Waals surface area contributed by atoms with Crippen molar-refractivity contribution in [2.24, 2.45) is 0 Å². The van der Waals surface area contributed by atoms with Crippen molar-refractivity contribution in [1.29, 1.82) is 0 Å². The number of carbonyl (C=O) groups is 1. The predicted octanol–water partition coefficient (Wildman–Crippen LogP) is 7.61. The van der Waals surface area contributed by atoms with E-state index in [1.807, 2.05) is 45.9 Å². The number of rotatable bonds is 6. The summed E-state index contributed by atoms with van der Waals surface area (Å²) in [5.74, 6) is 0.291. The van der Waals surface area contributed by atoms with Crippen molar-refractivity contribution in [2.75, 3.05) is 13.2 Å². The van der Waals surface area contributed by atoms with E-state index in [1.165, 1.54) is 0 Å². The van der Waals surface area contributed by atoms with Crippen molar-refractivity contribution in [2.45, 2.75) is 84.1 Å². The first-order chi connectivity index (χ1) is 21.1. The third kappa shape index (κ3) is 5.95. The zero-order chi connectivity index (χ0) is 31.0. The summed E-state index contributed by atoms with van der Waals surface area (Å²) in [5.41, 5.74) is 3.15. The lowest BCUT2D eigenvalue weighted by Gasteiger charge is -2.27. The molecule has 0 aliphatic carbocycles. The fourth-order valence-electron chi connectivity index (χ4n) is 6.13. The summed E-state index contributed by atoms with van der Waals surface area (Å²) < 4.78 is 29.9. The molecule has 232 valence electrons. The van der Waals surface area contributed by atoms with Gasteiger partial charge in [-0.2, -0.15) is 5.10 Å². The molecule has 2 aromatic carbocycles. The number of phenolic OH excluding ortho intramolecular Hbond substituents is 1. The molecule has 1 unspecified atom stereocenters. The van der Waals surface area contributed by atoms with Crippen LogP contribution in [0.15, 0.2) is 42.6 Å². The van der Waals surface area contributed by atoms with Gasteiger partial charge in [0.25, 0.3) is 0 Å². The molecule has 4 heterocycles. The number of ether oxygens (including phenoxy) is 2. The van der Waals surface area contributed by atoms with Gasteiger partial charge in [0.05, 0.1) is 17.9 Å². The third-order valence-corrected chi connectivity index (χ3v) is 8.24. The molecule has 9 nitrogen and oxygen atoms in total. The number of nitrogens with one attached hydrogen (secondary N) is 1. The summed E-state index contributed by atoms with van der Waals surface area (Å²) in [6.07, 6.45) is 10.0. The second kappa shape index (κ2) is 12.1. The number of aromatic amines is 1. The number of nitrogens with zero attached hydrogens (tertiary/aromatic N) is 4. The summed E-state index contributed by atoms with van der Waals surface area (Å²) in [5, 5.41) is 15.5. The SMILES string of the molecule is CCc1cc(O)ccc1-c1ccc2c(-c3ncc(/C=C/[C@@H]4CCCN4C(=O)OC(C)(C)C)[nH]3)nn(C3CCCCO3)c2c1F. The monoisotopic (exact) mass is 601 g/mol. The molecule has 2 fully saturated rings. The minimum Gasteiger partial charge on any atom is -0.508 e. The van der Waals surface area contributed by atoms with Crippen molar-refractivity contribution >= 4 is 23.1 Å². The second-order valence-corrected chi connectivity index (χ2v) is 12.6. The summed E-state index contributed by atoms with van der Waals surface area (Å²) >= 11 is 0. The molecule has 2 N–H and O–H groups in total. The highest BCUT2D eigenvalue weighted by Crippen LogP contribution is 2.38.